The van der Waals surface area contributed by atoms with Gasteiger partial charge in [0.2, 0.25) is 5.79 Å². The van der Waals surface area contributed by atoms with Crippen LogP contribution in [-0.4, -0.2) is 69.0 Å². The van der Waals surface area contributed by atoms with E-state index in [9.17, 15) is 24.8 Å². The molecule has 5 N–H and O–H groups in total. The highest BCUT2D eigenvalue weighted by Crippen LogP contribution is 2.28. The van der Waals surface area contributed by atoms with Crippen molar-refractivity contribution in [1.82, 2.24) is 0 Å². The van der Waals surface area contributed by atoms with E-state index >= 15 is 0 Å². The van der Waals surface area contributed by atoms with E-state index in [0.29, 0.717) is 0 Å². The zero-order valence-electron chi connectivity index (χ0n) is 7.25. The number of ether oxygens (including phenoxy) is 1. The van der Waals surface area contributed by atoms with Crippen LogP contribution < -0.4 is 0 Å². The fourth-order valence-electron chi connectivity index (χ4n) is 1.33. The van der Waals surface area contributed by atoms with Crippen molar-refractivity contribution in [2.75, 3.05) is 13.3 Å². The van der Waals surface area contributed by atoms with Gasteiger partial charge in [-0.1, -0.05) is 0 Å². The van der Waals surface area contributed by atoms with Crippen LogP contribution in [0.15, 0.2) is 0 Å². The summed E-state index contributed by atoms with van der Waals surface area (Å²) in [5.74, 6) is -2.58. The van der Waals surface area contributed by atoms with Gasteiger partial charge in [-0.2, -0.15) is 0 Å². The maximum Gasteiger partial charge on any atom is 0.224 e. The number of rotatable bonds is 2. The first-order valence-electron chi connectivity index (χ1n) is 4.07. The number of aliphatic hydroxyl groups excluding tert-OH is 4. The molecule has 7 heteroatoms. The Bertz CT molecular complexity index is 201. The third-order valence-electron chi connectivity index (χ3n) is 2.24. The van der Waals surface area contributed by atoms with Crippen molar-refractivity contribution in [3.05, 3.63) is 0 Å². The van der Waals surface area contributed by atoms with Crippen LogP contribution in [-0.2, 0) is 4.74 Å². The Morgan fingerprint density at radius 2 is 1.79 bits per heavy atom. The SMILES string of the molecule is OCC1O[C@@](O)(CF)C(O)C(O)[C@@H]1O. The fraction of sp³-hybridized carbons (Fsp3) is 1.00. The lowest BCUT2D eigenvalue weighted by Gasteiger charge is -2.43. The molecule has 1 fully saturated rings. The van der Waals surface area contributed by atoms with Crippen molar-refractivity contribution in [1.29, 1.82) is 0 Å². The Balaban J connectivity index is 2.84. The normalized spacial score (nSPS) is 49.3. The summed E-state index contributed by atoms with van der Waals surface area (Å²) in [5.41, 5.74) is 0. The number of aliphatic hydroxyl groups is 5. The van der Waals surface area contributed by atoms with Crippen LogP contribution in [0.3, 0.4) is 0 Å². The summed E-state index contributed by atoms with van der Waals surface area (Å²) in [6.45, 7) is -2.15. The molecule has 0 aromatic rings. The van der Waals surface area contributed by atoms with Crippen molar-refractivity contribution < 1.29 is 34.7 Å². The topological polar surface area (TPSA) is 110 Å². The standard InChI is InChI=1S/C7H13FO6/c8-2-7(13)6(12)5(11)4(10)3(1-9)14-7/h3-6,9-13H,1-2H2/t3?,4-,5?,6?,7+/m1/s1. The minimum Gasteiger partial charge on any atom is -0.394 e. The Labute approximate surface area is 79.2 Å². The molecule has 6 nitrogen and oxygen atoms in total. The first kappa shape index (κ1) is 11.8. The molecule has 0 bridgehead atoms. The lowest BCUT2D eigenvalue weighted by molar-refractivity contribution is -0.352. The fourth-order valence-corrected chi connectivity index (χ4v) is 1.33. The molecule has 5 atom stereocenters. The first-order chi connectivity index (χ1) is 6.46. The summed E-state index contributed by atoms with van der Waals surface area (Å²) in [6.07, 6.45) is -6.61. The van der Waals surface area contributed by atoms with Gasteiger partial charge in [-0.05, 0) is 0 Å². The van der Waals surface area contributed by atoms with Crippen molar-refractivity contribution in [2.24, 2.45) is 0 Å². The molecular weight excluding hydrogens is 199 g/mol. The van der Waals surface area contributed by atoms with Gasteiger partial charge in [0.1, 0.15) is 31.1 Å². The second-order valence-corrected chi connectivity index (χ2v) is 3.24. The molecule has 0 aliphatic carbocycles. The van der Waals surface area contributed by atoms with Crippen LogP contribution in [0.25, 0.3) is 0 Å². The number of hydrogen-bond acceptors (Lipinski definition) is 6. The molecule has 0 amide bonds. The highest BCUT2D eigenvalue weighted by atomic mass is 19.1. The first-order valence-corrected chi connectivity index (χ1v) is 4.07. The molecule has 1 aliphatic heterocycles. The van der Waals surface area contributed by atoms with E-state index < -0.39 is 43.5 Å². The predicted molar refractivity (Wildman–Crippen MR) is 40.9 cm³/mol. The van der Waals surface area contributed by atoms with Gasteiger partial charge < -0.3 is 30.3 Å². The second-order valence-electron chi connectivity index (χ2n) is 3.24. The molecule has 14 heavy (non-hydrogen) atoms. The Morgan fingerprint density at radius 3 is 2.21 bits per heavy atom. The van der Waals surface area contributed by atoms with Crippen LogP contribution in [0.4, 0.5) is 4.39 Å². The second kappa shape index (κ2) is 4.05. The summed E-state index contributed by atoms with van der Waals surface area (Å²) in [5, 5.41) is 45.6. The molecule has 1 saturated heterocycles. The minimum atomic E-state index is -2.58. The van der Waals surface area contributed by atoms with E-state index in [1.165, 1.54) is 0 Å². The van der Waals surface area contributed by atoms with Gasteiger partial charge in [-0.25, -0.2) is 4.39 Å². The summed E-state index contributed by atoms with van der Waals surface area (Å²) in [7, 11) is 0. The van der Waals surface area contributed by atoms with Gasteiger partial charge in [0, 0.05) is 0 Å². The van der Waals surface area contributed by atoms with Gasteiger partial charge in [-0.3, -0.25) is 0 Å². The van der Waals surface area contributed by atoms with E-state index in [-0.39, 0.29) is 0 Å². The lowest BCUT2D eigenvalue weighted by Crippen LogP contribution is -2.66. The third-order valence-corrected chi connectivity index (χ3v) is 2.24. The maximum absolute atomic E-state index is 12.3. The van der Waals surface area contributed by atoms with Crippen molar-refractivity contribution >= 4 is 0 Å². The van der Waals surface area contributed by atoms with Crippen molar-refractivity contribution in [2.45, 2.75) is 30.2 Å². The molecule has 0 saturated carbocycles. The van der Waals surface area contributed by atoms with E-state index in [2.05, 4.69) is 4.74 Å². The Kier molecular flexibility index (Phi) is 3.40. The average molecular weight is 212 g/mol. The average Bonchev–Trinajstić information content (AvgIpc) is 2.20. The molecule has 1 rings (SSSR count). The summed E-state index contributed by atoms with van der Waals surface area (Å²) < 4.78 is 16.9. The van der Waals surface area contributed by atoms with Gasteiger partial charge in [0.25, 0.3) is 0 Å². The summed E-state index contributed by atoms with van der Waals surface area (Å²) >= 11 is 0. The zero-order valence-corrected chi connectivity index (χ0v) is 7.25. The van der Waals surface area contributed by atoms with Crippen molar-refractivity contribution in [3.8, 4) is 0 Å². The molecule has 0 radical (unpaired) electrons. The number of alkyl halides is 1. The Morgan fingerprint density at radius 1 is 1.21 bits per heavy atom. The van der Waals surface area contributed by atoms with Crippen molar-refractivity contribution in [3.63, 3.8) is 0 Å². The van der Waals surface area contributed by atoms with E-state index in [0.717, 1.165) is 0 Å². The maximum atomic E-state index is 12.3. The van der Waals surface area contributed by atoms with Gasteiger partial charge in [0.05, 0.1) is 6.61 Å². The molecule has 1 aliphatic rings. The highest BCUT2D eigenvalue weighted by molar-refractivity contribution is 4.95. The summed E-state index contributed by atoms with van der Waals surface area (Å²) in [6, 6.07) is 0. The number of halogens is 1. The molecule has 0 aromatic heterocycles. The van der Waals surface area contributed by atoms with Crippen LogP contribution in [0.5, 0.6) is 0 Å². The van der Waals surface area contributed by atoms with Gasteiger partial charge in [0.15, 0.2) is 0 Å². The minimum absolute atomic E-state index is 0.701. The van der Waals surface area contributed by atoms with E-state index in [1.807, 2.05) is 0 Å². The molecule has 3 unspecified atom stereocenters. The molecule has 0 spiro atoms. The lowest BCUT2D eigenvalue weighted by atomic mass is 9.93. The molecule has 0 aromatic carbocycles. The Hall–Kier alpha value is -0.310. The largest absolute Gasteiger partial charge is 0.394 e. The predicted octanol–water partition coefficient (Wildman–Crippen LogP) is -2.88. The van der Waals surface area contributed by atoms with Gasteiger partial charge >= 0.3 is 0 Å². The third kappa shape index (κ3) is 1.74. The van der Waals surface area contributed by atoms with Gasteiger partial charge in [-0.15, -0.1) is 0 Å². The number of hydrogen-bond donors (Lipinski definition) is 5. The van der Waals surface area contributed by atoms with Crippen LogP contribution in [0.2, 0.25) is 0 Å². The monoisotopic (exact) mass is 212 g/mol. The van der Waals surface area contributed by atoms with E-state index in [1.54, 1.807) is 0 Å². The van der Waals surface area contributed by atoms with Crippen LogP contribution in [0.1, 0.15) is 0 Å². The van der Waals surface area contributed by atoms with E-state index in [4.69, 9.17) is 5.11 Å². The smallest absolute Gasteiger partial charge is 0.224 e. The molecule has 1 heterocycles. The molecule has 84 valence electrons. The van der Waals surface area contributed by atoms with Crippen LogP contribution >= 0.6 is 0 Å². The molecular formula is C7H13FO6. The quantitative estimate of drug-likeness (QED) is 0.336. The highest BCUT2D eigenvalue weighted by Gasteiger charge is 2.52. The van der Waals surface area contributed by atoms with Crippen LogP contribution in [0, 0.1) is 0 Å². The zero-order chi connectivity index (χ0) is 10.9. The summed E-state index contributed by atoms with van der Waals surface area (Å²) in [4.78, 5) is 0.